The molecule has 0 aliphatic rings. The summed E-state index contributed by atoms with van der Waals surface area (Å²) in [7, 11) is 1.59. The van der Waals surface area contributed by atoms with Crippen LogP contribution < -0.4 is 14.8 Å². The Balaban J connectivity index is 1.63. The molecule has 0 radical (unpaired) electrons. The molecule has 24 heavy (non-hydrogen) atoms. The van der Waals surface area contributed by atoms with E-state index in [4.69, 9.17) is 21.1 Å². The number of Topliss-reactive ketones (excluding diaryl/α,β-unsaturated/α-hetero) is 1. The van der Waals surface area contributed by atoms with Crippen molar-refractivity contribution in [3.05, 3.63) is 45.6 Å². The van der Waals surface area contributed by atoms with Crippen LogP contribution in [0.15, 0.2) is 36.4 Å². The molecule has 0 aliphatic carbocycles. The van der Waals surface area contributed by atoms with Crippen molar-refractivity contribution in [3.63, 3.8) is 0 Å². The average Bonchev–Trinajstić information content (AvgIpc) is 3.03. The summed E-state index contributed by atoms with van der Waals surface area (Å²) in [5, 5.41) is 2.72. The molecule has 0 fully saturated rings. The maximum Gasteiger partial charge on any atom is 0.220 e. The first kappa shape index (κ1) is 18.3. The van der Waals surface area contributed by atoms with Gasteiger partial charge in [-0.25, -0.2) is 0 Å². The van der Waals surface area contributed by atoms with E-state index in [0.29, 0.717) is 33.9 Å². The Bertz CT molecular complexity index is 701. The van der Waals surface area contributed by atoms with Crippen LogP contribution in [-0.2, 0) is 4.79 Å². The molecule has 1 aromatic carbocycles. The third-order valence-corrected chi connectivity index (χ3v) is 4.43. The van der Waals surface area contributed by atoms with Gasteiger partial charge in [0.05, 0.1) is 22.9 Å². The molecule has 1 N–H and O–H groups in total. The molecule has 1 amide bonds. The third kappa shape index (κ3) is 5.86. The predicted octanol–water partition coefficient (Wildman–Crippen LogP) is 3.57. The summed E-state index contributed by atoms with van der Waals surface area (Å²) in [6.45, 7) is 0.711. The minimum atomic E-state index is -0.180. The molecule has 0 aliphatic heterocycles. The Labute approximate surface area is 149 Å². The van der Waals surface area contributed by atoms with Crippen molar-refractivity contribution in [2.45, 2.75) is 12.8 Å². The van der Waals surface area contributed by atoms with Crippen molar-refractivity contribution in [2.24, 2.45) is 0 Å². The maximum absolute atomic E-state index is 11.9. The van der Waals surface area contributed by atoms with E-state index >= 15 is 0 Å². The molecule has 0 saturated carbocycles. The Morgan fingerprint density at radius 2 is 1.96 bits per heavy atom. The highest BCUT2D eigenvalue weighted by atomic mass is 35.5. The van der Waals surface area contributed by atoms with Crippen molar-refractivity contribution in [1.82, 2.24) is 5.32 Å². The zero-order chi connectivity index (χ0) is 17.4. The van der Waals surface area contributed by atoms with E-state index in [1.54, 1.807) is 25.3 Å². The lowest BCUT2D eigenvalue weighted by molar-refractivity contribution is -0.121. The van der Waals surface area contributed by atoms with Crippen LogP contribution >= 0.6 is 22.9 Å². The Kier molecular flexibility index (Phi) is 7.08. The third-order valence-electron chi connectivity index (χ3n) is 3.16. The van der Waals surface area contributed by atoms with Gasteiger partial charge in [0.25, 0.3) is 0 Å². The van der Waals surface area contributed by atoms with Crippen molar-refractivity contribution in [3.8, 4) is 11.5 Å². The first-order chi connectivity index (χ1) is 11.6. The molecule has 7 heteroatoms. The van der Waals surface area contributed by atoms with Gasteiger partial charge in [-0.05, 0) is 24.3 Å². The molecule has 5 nitrogen and oxygen atoms in total. The lowest BCUT2D eigenvalue weighted by atomic mass is 10.2. The van der Waals surface area contributed by atoms with Gasteiger partial charge in [0, 0.05) is 18.9 Å². The number of carbonyl (C=O) groups excluding carboxylic acids is 2. The van der Waals surface area contributed by atoms with E-state index < -0.39 is 0 Å². The minimum Gasteiger partial charge on any atom is -0.497 e. The summed E-state index contributed by atoms with van der Waals surface area (Å²) >= 11 is 7.01. The van der Waals surface area contributed by atoms with E-state index in [2.05, 4.69) is 5.32 Å². The molecule has 0 saturated heterocycles. The topological polar surface area (TPSA) is 64.6 Å². The van der Waals surface area contributed by atoms with E-state index in [-0.39, 0.29) is 24.5 Å². The number of carbonyl (C=O) groups is 2. The predicted molar refractivity (Wildman–Crippen MR) is 94.4 cm³/mol. The van der Waals surface area contributed by atoms with Crippen LogP contribution in [0.5, 0.6) is 11.5 Å². The highest BCUT2D eigenvalue weighted by Gasteiger charge is 2.11. The van der Waals surface area contributed by atoms with Crippen molar-refractivity contribution in [1.29, 1.82) is 0 Å². The minimum absolute atomic E-state index is 0.0744. The van der Waals surface area contributed by atoms with Gasteiger partial charge in [-0.2, -0.15) is 0 Å². The number of halogens is 1. The molecule has 0 atom stereocenters. The molecule has 0 unspecified atom stereocenters. The van der Waals surface area contributed by atoms with Crippen LogP contribution in [0.4, 0.5) is 0 Å². The number of benzene rings is 1. The fraction of sp³-hybridized carbons (Fsp3) is 0.294. The van der Waals surface area contributed by atoms with E-state index in [9.17, 15) is 9.59 Å². The van der Waals surface area contributed by atoms with Gasteiger partial charge in [-0.3, -0.25) is 9.59 Å². The van der Waals surface area contributed by atoms with Crippen LogP contribution in [0.1, 0.15) is 22.5 Å². The first-order valence-corrected chi connectivity index (χ1v) is 8.60. The lowest BCUT2D eigenvalue weighted by Crippen LogP contribution is -2.28. The quantitative estimate of drug-likeness (QED) is 0.543. The fourth-order valence-electron chi connectivity index (χ4n) is 1.95. The Morgan fingerprint density at radius 3 is 2.67 bits per heavy atom. The zero-order valence-corrected chi connectivity index (χ0v) is 14.8. The van der Waals surface area contributed by atoms with E-state index in [1.807, 2.05) is 18.2 Å². The number of ketones is 1. The summed E-state index contributed by atoms with van der Waals surface area (Å²) < 4.78 is 11.2. The molecule has 2 aromatic rings. The van der Waals surface area contributed by atoms with Crippen LogP contribution in [0.2, 0.25) is 4.34 Å². The largest absolute Gasteiger partial charge is 0.497 e. The highest BCUT2D eigenvalue weighted by Crippen LogP contribution is 2.23. The summed E-state index contributed by atoms with van der Waals surface area (Å²) in [4.78, 5) is 24.2. The smallest absolute Gasteiger partial charge is 0.220 e. The number of amides is 1. The van der Waals surface area contributed by atoms with Crippen LogP contribution in [0, 0.1) is 0 Å². The number of rotatable bonds is 9. The van der Waals surface area contributed by atoms with Crippen LogP contribution in [0.3, 0.4) is 0 Å². The Morgan fingerprint density at radius 1 is 1.17 bits per heavy atom. The van der Waals surface area contributed by atoms with Gasteiger partial charge in [-0.15, -0.1) is 11.3 Å². The molecule has 0 bridgehead atoms. The normalized spacial score (nSPS) is 10.2. The summed E-state index contributed by atoms with van der Waals surface area (Å²) in [5.41, 5.74) is 0. The number of thiophene rings is 1. The number of nitrogens with one attached hydrogen (secondary N) is 1. The second-order valence-corrected chi connectivity index (χ2v) is 6.62. The SMILES string of the molecule is COc1cccc(OCCNC(=O)CCC(=O)c2ccc(Cl)s2)c1. The molecule has 2 rings (SSSR count). The number of hydrogen-bond donors (Lipinski definition) is 1. The van der Waals surface area contributed by atoms with Gasteiger partial charge in [0.1, 0.15) is 18.1 Å². The van der Waals surface area contributed by atoms with Crippen molar-refractivity contribution >= 4 is 34.6 Å². The second-order valence-electron chi connectivity index (χ2n) is 4.90. The average molecular weight is 368 g/mol. The number of ether oxygens (including phenoxy) is 2. The number of methoxy groups -OCH3 is 1. The summed E-state index contributed by atoms with van der Waals surface area (Å²) in [6, 6.07) is 10.6. The summed E-state index contributed by atoms with van der Waals surface area (Å²) in [6.07, 6.45) is 0.312. The van der Waals surface area contributed by atoms with Gasteiger partial charge >= 0.3 is 0 Å². The summed E-state index contributed by atoms with van der Waals surface area (Å²) in [5.74, 6) is 1.13. The van der Waals surface area contributed by atoms with Crippen LogP contribution in [-0.4, -0.2) is 32.0 Å². The fourth-order valence-corrected chi connectivity index (χ4v) is 2.96. The van der Waals surface area contributed by atoms with Gasteiger partial charge in [-0.1, -0.05) is 17.7 Å². The Hall–Kier alpha value is -2.05. The maximum atomic E-state index is 11.9. The number of hydrogen-bond acceptors (Lipinski definition) is 5. The first-order valence-electron chi connectivity index (χ1n) is 7.40. The monoisotopic (exact) mass is 367 g/mol. The molecule has 1 aromatic heterocycles. The second kappa shape index (κ2) is 9.30. The van der Waals surface area contributed by atoms with Crippen molar-refractivity contribution in [2.75, 3.05) is 20.3 Å². The van der Waals surface area contributed by atoms with Gasteiger partial charge in [0.2, 0.25) is 5.91 Å². The molecular weight excluding hydrogens is 350 g/mol. The molecule has 0 spiro atoms. The molecule has 128 valence electrons. The highest BCUT2D eigenvalue weighted by molar-refractivity contribution is 7.18. The van der Waals surface area contributed by atoms with E-state index in [1.165, 1.54) is 11.3 Å². The lowest BCUT2D eigenvalue weighted by Gasteiger charge is -2.08. The van der Waals surface area contributed by atoms with Crippen molar-refractivity contribution < 1.29 is 19.1 Å². The standard InChI is InChI=1S/C17H18ClNO4S/c1-22-12-3-2-4-13(11-12)23-10-9-19-17(21)8-5-14(20)15-6-7-16(18)24-15/h2-4,6-7,11H,5,8-10H2,1H3,(H,19,21). The van der Waals surface area contributed by atoms with Gasteiger partial charge < -0.3 is 14.8 Å². The van der Waals surface area contributed by atoms with Gasteiger partial charge in [0.15, 0.2) is 5.78 Å². The molecular formula is C17H18ClNO4S. The van der Waals surface area contributed by atoms with Crippen LogP contribution in [0.25, 0.3) is 0 Å². The molecule has 1 heterocycles. The van der Waals surface area contributed by atoms with E-state index in [0.717, 1.165) is 0 Å². The zero-order valence-electron chi connectivity index (χ0n) is 13.2.